The van der Waals surface area contributed by atoms with Gasteiger partial charge in [-0.3, -0.25) is 19.7 Å². The summed E-state index contributed by atoms with van der Waals surface area (Å²) in [6.07, 6.45) is 0.937. The summed E-state index contributed by atoms with van der Waals surface area (Å²) >= 11 is 3.29. The molecule has 0 aliphatic heterocycles. The molecule has 9 heteroatoms. The molecule has 0 unspecified atom stereocenters. The van der Waals surface area contributed by atoms with Crippen LogP contribution in [0.3, 0.4) is 0 Å². The summed E-state index contributed by atoms with van der Waals surface area (Å²) in [6, 6.07) is 12.7. The number of hydrogen-bond donors (Lipinski definition) is 2. The Morgan fingerprint density at radius 2 is 1.80 bits per heavy atom. The van der Waals surface area contributed by atoms with Gasteiger partial charge in [-0.1, -0.05) is 12.1 Å². The smallest absolute Gasteiger partial charge is 0.269 e. The summed E-state index contributed by atoms with van der Waals surface area (Å²) in [5, 5.41) is 16.9. The predicted molar refractivity (Wildman–Crippen MR) is 96.2 cm³/mol. The molecule has 2 rings (SSSR count). The average Bonchev–Trinajstić information content (AvgIpc) is 2.57. The fraction of sp³-hybridized carbons (Fsp3) is 0.0625. The highest BCUT2D eigenvalue weighted by molar-refractivity contribution is 9.10. The first-order valence-corrected chi connectivity index (χ1v) is 7.86. The maximum atomic E-state index is 11.8. The molecule has 2 aromatic rings. The number of anilines is 1. The molecule has 0 heterocycles. The van der Waals surface area contributed by atoms with Crippen LogP contribution in [0.2, 0.25) is 0 Å². The van der Waals surface area contributed by atoms with E-state index in [1.807, 2.05) is 0 Å². The zero-order valence-corrected chi connectivity index (χ0v) is 14.4. The Morgan fingerprint density at radius 1 is 1.12 bits per heavy atom. The number of nitro groups is 1. The van der Waals surface area contributed by atoms with E-state index >= 15 is 0 Å². The number of carbonyl (C=O) groups is 2. The van der Waals surface area contributed by atoms with Crippen molar-refractivity contribution in [3.63, 3.8) is 0 Å². The molecule has 0 aromatic heterocycles. The van der Waals surface area contributed by atoms with Gasteiger partial charge in [0.15, 0.2) is 0 Å². The lowest BCUT2D eigenvalue weighted by atomic mass is 10.2. The Kier molecular flexibility index (Phi) is 6.35. The van der Waals surface area contributed by atoms with E-state index in [9.17, 15) is 19.7 Å². The number of hydrazone groups is 1. The van der Waals surface area contributed by atoms with E-state index in [2.05, 4.69) is 31.8 Å². The molecule has 0 saturated heterocycles. The van der Waals surface area contributed by atoms with Crippen LogP contribution < -0.4 is 10.7 Å². The zero-order chi connectivity index (χ0) is 18.2. The first-order valence-electron chi connectivity index (χ1n) is 7.06. The third-order valence-corrected chi connectivity index (χ3v) is 3.67. The third-order valence-electron chi connectivity index (χ3n) is 2.98. The van der Waals surface area contributed by atoms with E-state index in [1.165, 1.54) is 30.5 Å². The number of amides is 2. The van der Waals surface area contributed by atoms with Gasteiger partial charge >= 0.3 is 0 Å². The summed E-state index contributed by atoms with van der Waals surface area (Å²) in [5.74, 6) is -1.06. The number of nitro benzene ring substituents is 1. The number of benzene rings is 2. The average molecular weight is 405 g/mol. The normalized spacial score (nSPS) is 10.4. The van der Waals surface area contributed by atoms with Crippen LogP contribution in [-0.2, 0) is 9.59 Å². The van der Waals surface area contributed by atoms with Crippen LogP contribution in [0.15, 0.2) is 58.1 Å². The first kappa shape index (κ1) is 18.3. The minimum absolute atomic E-state index is 0.0371. The van der Waals surface area contributed by atoms with Gasteiger partial charge in [-0.15, -0.1) is 0 Å². The van der Waals surface area contributed by atoms with E-state index in [0.29, 0.717) is 15.7 Å². The number of halogens is 1. The van der Waals surface area contributed by atoms with Crippen molar-refractivity contribution in [3.05, 3.63) is 68.7 Å². The molecule has 0 aliphatic rings. The number of para-hydroxylation sites is 1. The van der Waals surface area contributed by atoms with Crippen LogP contribution in [0, 0.1) is 10.1 Å². The number of hydrogen-bond acceptors (Lipinski definition) is 5. The van der Waals surface area contributed by atoms with Gasteiger partial charge in [-0.2, -0.15) is 5.10 Å². The highest BCUT2D eigenvalue weighted by Crippen LogP contribution is 2.21. The molecule has 8 nitrogen and oxygen atoms in total. The first-order chi connectivity index (χ1) is 12.0. The highest BCUT2D eigenvalue weighted by atomic mass is 79.9. The van der Waals surface area contributed by atoms with Gasteiger partial charge in [0.25, 0.3) is 5.69 Å². The van der Waals surface area contributed by atoms with Crippen molar-refractivity contribution in [1.29, 1.82) is 0 Å². The van der Waals surface area contributed by atoms with Gasteiger partial charge in [0.1, 0.15) is 6.42 Å². The maximum Gasteiger partial charge on any atom is 0.269 e. The number of rotatable bonds is 6. The number of nitrogens with one attached hydrogen (secondary N) is 2. The number of nitrogens with zero attached hydrogens (tertiary/aromatic N) is 2. The van der Waals surface area contributed by atoms with E-state index in [4.69, 9.17) is 0 Å². The minimum atomic E-state index is -0.581. The topological polar surface area (TPSA) is 114 Å². The number of carbonyl (C=O) groups excluding carboxylic acids is 2. The van der Waals surface area contributed by atoms with Gasteiger partial charge in [0.2, 0.25) is 11.8 Å². The van der Waals surface area contributed by atoms with Crippen LogP contribution in [0.25, 0.3) is 0 Å². The molecule has 2 aromatic carbocycles. The summed E-state index contributed by atoms with van der Waals surface area (Å²) in [6.45, 7) is 0. The van der Waals surface area contributed by atoms with Crippen molar-refractivity contribution >= 4 is 45.3 Å². The van der Waals surface area contributed by atoms with Gasteiger partial charge in [0, 0.05) is 16.6 Å². The Hall–Kier alpha value is -3.07. The van der Waals surface area contributed by atoms with Crippen LogP contribution >= 0.6 is 15.9 Å². The van der Waals surface area contributed by atoms with Gasteiger partial charge in [-0.25, -0.2) is 5.43 Å². The van der Waals surface area contributed by atoms with Crippen molar-refractivity contribution in [3.8, 4) is 0 Å². The second-order valence-corrected chi connectivity index (χ2v) is 5.70. The largest absolute Gasteiger partial charge is 0.325 e. The van der Waals surface area contributed by atoms with Crippen molar-refractivity contribution in [2.24, 2.45) is 5.10 Å². The van der Waals surface area contributed by atoms with Crippen LogP contribution in [0.4, 0.5) is 11.4 Å². The molecule has 128 valence electrons. The lowest BCUT2D eigenvalue weighted by molar-refractivity contribution is -0.384. The van der Waals surface area contributed by atoms with Crippen molar-refractivity contribution in [2.75, 3.05) is 5.32 Å². The third kappa shape index (κ3) is 5.81. The van der Waals surface area contributed by atoms with E-state index in [-0.39, 0.29) is 12.1 Å². The van der Waals surface area contributed by atoms with E-state index in [0.717, 1.165) is 0 Å². The van der Waals surface area contributed by atoms with Gasteiger partial charge in [-0.05, 0) is 45.8 Å². The maximum absolute atomic E-state index is 11.8. The molecule has 2 N–H and O–H groups in total. The summed E-state index contributed by atoms with van der Waals surface area (Å²) in [7, 11) is 0. The van der Waals surface area contributed by atoms with E-state index < -0.39 is 16.7 Å². The Labute approximate surface area is 151 Å². The quantitative estimate of drug-likeness (QED) is 0.333. The molecule has 0 radical (unpaired) electrons. The Morgan fingerprint density at radius 3 is 2.44 bits per heavy atom. The molecule has 0 fully saturated rings. The monoisotopic (exact) mass is 404 g/mol. The molecular weight excluding hydrogens is 392 g/mol. The highest BCUT2D eigenvalue weighted by Gasteiger charge is 2.10. The lowest BCUT2D eigenvalue weighted by Crippen LogP contribution is -2.24. The second kappa shape index (κ2) is 8.69. The predicted octanol–water partition coefficient (Wildman–Crippen LogP) is 2.84. The molecule has 0 saturated carbocycles. The van der Waals surface area contributed by atoms with Gasteiger partial charge < -0.3 is 5.32 Å². The molecule has 0 atom stereocenters. The van der Waals surface area contributed by atoms with E-state index in [1.54, 1.807) is 24.3 Å². The molecular formula is C16H13BrN4O4. The standard InChI is InChI=1S/C16H13BrN4O4/c17-13-3-1-2-4-14(13)19-15(22)9-16(23)20-18-10-11-5-7-12(8-6-11)21(24)25/h1-8,10H,9H2,(H,19,22)(H,20,23). The summed E-state index contributed by atoms with van der Waals surface area (Å²) in [5.41, 5.74) is 3.32. The number of non-ortho nitro benzene ring substituents is 1. The van der Waals surface area contributed by atoms with Gasteiger partial charge in [0.05, 0.1) is 16.8 Å². The fourth-order valence-electron chi connectivity index (χ4n) is 1.80. The zero-order valence-electron chi connectivity index (χ0n) is 12.8. The Bertz CT molecular complexity index is 821. The second-order valence-electron chi connectivity index (χ2n) is 4.85. The van der Waals surface area contributed by atoms with Crippen LogP contribution in [0.5, 0.6) is 0 Å². The molecule has 2 amide bonds. The molecule has 0 aliphatic carbocycles. The van der Waals surface area contributed by atoms with Crippen molar-refractivity contribution < 1.29 is 14.5 Å². The Balaban J connectivity index is 1.82. The van der Waals surface area contributed by atoms with Crippen molar-refractivity contribution in [2.45, 2.75) is 6.42 Å². The fourth-order valence-corrected chi connectivity index (χ4v) is 2.19. The molecule has 25 heavy (non-hydrogen) atoms. The summed E-state index contributed by atoms with van der Waals surface area (Å²) in [4.78, 5) is 33.5. The lowest BCUT2D eigenvalue weighted by Gasteiger charge is -2.06. The molecule has 0 bridgehead atoms. The SMILES string of the molecule is O=C(CC(=O)Nc1ccccc1Br)NN=Cc1ccc([N+](=O)[O-])cc1. The minimum Gasteiger partial charge on any atom is -0.325 e. The van der Waals surface area contributed by atoms with Crippen molar-refractivity contribution in [1.82, 2.24) is 5.43 Å². The molecule has 0 spiro atoms. The summed E-state index contributed by atoms with van der Waals surface area (Å²) < 4.78 is 0.708. The van der Waals surface area contributed by atoms with Crippen LogP contribution in [-0.4, -0.2) is 23.0 Å². The van der Waals surface area contributed by atoms with Crippen LogP contribution in [0.1, 0.15) is 12.0 Å².